The van der Waals surface area contributed by atoms with E-state index >= 15 is 0 Å². The van der Waals surface area contributed by atoms with Crippen molar-refractivity contribution in [2.75, 3.05) is 26.4 Å². The molecule has 2 radical (unpaired) electrons. The van der Waals surface area contributed by atoms with E-state index in [1.165, 1.54) is 0 Å². The van der Waals surface area contributed by atoms with Crippen LogP contribution in [0, 0.1) is 0 Å². The summed E-state index contributed by atoms with van der Waals surface area (Å²) in [5, 5.41) is 35.9. The second-order valence-corrected chi connectivity index (χ2v) is 0.816. The monoisotopic (exact) mass is 250 g/mol. The number of hydrogen-bond acceptors (Lipinski definition) is 4. The van der Waals surface area contributed by atoms with E-state index in [-0.39, 0.29) is 23.7 Å². The first-order valence-electron chi connectivity index (χ1n) is 2.15. The van der Waals surface area contributed by atoms with Crippen LogP contribution in [0.4, 0.5) is 0 Å². The van der Waals surface area contributed by atoms with Gasteiger partial charge >= 0.3 is 23.7 Å². The Labute approximate surface area is 70.9 Å². The van der Waals surface area contributed by atoms with Crippen molar-refractivity contribution in [3.63, 3.8) is 0 Å². The van der Waals surface area contributed by atoms with Crippen LogP contribution in [-0.2, 0) is 0 Å². The van der Waals surface area contributed by atoms with Gasteiger partial charge in [-0.05, 0) is 0 Å². The van der Waals surface area contributed by atoms with E-state index in [1.54, 1.807) is 0 Å². The van der Waals surface area contributed by atoms with E-state index in [0.717, 1.165) is 0 Å². The van der Waals surface area contributed by atoms with E-state index in [4.69, 9.17) is 20.4 Å². The van der Waals surface area contributed by atoms with Gasteiger partial charge in [0.25, 0.3) is 0 Å². The molecule has 9 heavy (non-hydrogen) atoms. The van der Waals surface area contributed by atoms with Gasteiger partial charge in [-0.2, -0.15) is 26.4 Å². The van der Waals surface area contributed by atoms with Gasteiger partial charge in [-0.3, -0.25) is 0 Å². The second kappa shape index (κ2) is 23.4. The minimum Gasteiger partial charge on any atom is -0.855 e. The van der Waals surface area contributed by atoms with E-state index in [1.807, 2.05) is 0 Å². The summed E-state index contributed by atoms with van der Waals surface area (Å²) in [6.45, 7) is -1.94. The third-order valence-electron chi connectivity index (χ3n) is 0.167. The fourth-order valence-corrected chi connectivity index (χ4v) is 0. The Kier molecular flexibility index (Phi) is 42.5. The van der Waals surface area contributed by atoms with Gasteiger partial charge in [-0.1, -0.05) is 0 Å². The zero-order valence-corrected chi connectivity index (χ0v) is 7.20. The van der Waals surface area contributed by atoms with Gasteiger partial charge in [-0.25, -0.2) is 0 Å². The molecule has 54 valence electrons. The van der Waals surface area contributed by atoms with Gasteiger partial charge < -0.3 is 20.4 Å². The van der Waals surface area contributed by atoms with Crippen LogP contribution in [0.5, 0.6) is 0 Å². The predicted octanol–water partition coefficient (Wildman–Crippen LogP) is -4.97. The van der Waals surface area contributed by atoms with Crippen LogP contribution in [0.1, 0.15) is 0 Å². The SMILES string of the molecule is [O-]CC[O-].[O-]CC[O-].[Te+4]. The van der Waals surface area contributed by atoms with Crippen LogP contribution in [0.2, 0.25) is 0 Å². The molecule has 4 nitrogen and oxygen atoms in total. The van der Waals surface area contributed by atoms with Crippen molar-refractivity contribution >= 4 is 23.7 Å². The molecule has 0 heterocycles. The maximum absolute atomic E-state index is 8.99. The molecule has 0 saturated heterocycles. The average Bonchev–Trinajstić information content (AvgIpc) is 1.88. The third kappa shape index (κ3) is 54.9. The molecule has 0 unspecified atom stereocenters. The summed E-state index contributed by atoms with van der Waals surface area (Å²) >= 11 is 0. The molecule has 0 aromatic rings. The molecule has 0 rings (SSSR count). The number of hydrogen-bond donors (Lipinski definition) is 0. The Morgan fingerprint density at radius 1 is 0.556 bits per heavy atom. The molecule has 0 fully saturated rings. The summed E-state index contributed by atoms with van der Waals surface area (Å²) in [7, 11) is 0. The molecule has 0 amide bonds. The van der Waals surface area contributed by atoms with Crippen molar-refractivity contribution in [3.05, 3.63) is 0 Å². The molecule has 0 N–H and O–H groups in total. The van der Waals surface area contributed by atoms with Gasteiger partial charge in [0, 0.05) is 0 Å². The summed E-state index contributed by atoms with van der Waals surface area (Å²) in [5.41, 5.74) is 0. The van der Waals surface area contributed by atoms with Crippen LogP contribution in [0.3, 0.4) is 0 Å². The summed E-state index contributed by atoms with van der Waals surface area (Å²) < 4.78 is 0. The zero-order valence-electron chi connectivity index (χ0n) is 4.87. The number of rotatable bonds is 2. The minimum atomic E-state index is -0.486. The minimum absolute atomic E-state index is 0. The summed E-state index contributed by atoms with van der Waals surface area (Å²) in [4.78, 5) is 0. The molecule has 0 spiro atoms. The molecule has 0 aromatic carbocycles. The predicted molar refractivity (Wildman–Crippen MR) is 25.2 cm³/mol. The molecule has 0 saturated carbocycles. The van der Waals surface area contributed by atoms with Gasteiger partial charge in [-0.15, -0.1) is 0 Å². The van der Waals surface area contributed by atoms with Crippen LogP contribution in [0.25, 0.3) is 0 Å². The quantitative estimate of drug-likeness (QED) is 0.457. The molecule has 0 atom stereocenters. The second-order valence-electron chi connectivity index (χ2n) is 0.816. The molecule has 5 heteroatoms. The third-order valence-corrected chi connectivity index (χ3v) is 0.167. The van der Waals surface area contributed by atoms with Crippen LogP contribution >= 0.6 is 0 Å². The van der Waals surface area contributed by atoms with Crippen molar-refractivity contribution in [2.45, 2.75) is 0 Å². The Morgan fingerprint density at radius 3 is 0.667 bits per heavy atom. The van der Waals surface area contributed by atoms with Crippen molar-refractivity contribution in [2.24, 2.45) is 0 Å². The van der Waals surface area contributed by atoms with E-state index < -0.39 is 26.4 Å². The standard InChI is InChI=1S/2C2H4O2.Te/c2*3-1-2-4;/h2*1-2H2;/q2*-2;+4. The maximum Gasteiger partial charge on any atom is 4.00 e. The van der Waals surface area contributed by atoms with E-state index in [2.05, 4.69) is 0 Å². The Bertz CT molecular complexity index is 20.5. The molecule has 0 bridgehead atoms. The molecule has 0 aromatic heterocycles. The maximum atomic E-state index is 8.99. The topological polar surface area (TPSA) is 92.2 Å². The molecule has 0 aliphatic carbocycles. The first-order valence-corrected chi connectivity index (χ1v) is 2.15. The van der Waals surface area contributed by atoms with Gasteiger partial charge in [0.1, 0.15) is 0 Å². The molecular formula is C4H8O4Te. The smallest absolute Gasteiger partial charge is 0.855 e. The molecule has 0 aliphatic heterocycles. The van der Waals surface area contributed by atoms with Crippen molar-refractivity contribution < 1.29 is 20.4 Å². The normalized spacial score (nSPS) is 6.67. The van der Waals surface area contributed by atoms with Crippen molar-refractivity contribution in [1.82, 2.24) is 0 Å². The Morgan fingerprint density at radius 2 is 0.667 bits per heavy atom. The van der Waals surface area contributed by atoms with Gasteiger partial charge in [0.2, 0.25) is 0 Å². The fraction of sp³-hybridized carbons (Fsp3) is 1.00. The molecular weight excluding hydrogens is 240 g/mol. The van der Waals surface area contributed by atoms with Crippen molar-refractivity contribution in [1.29, 1.82) is 0 Å². The summed E-state index contributed by atoms with van der Waals surface area (Å²) in [6, 6.07) is 0. The first kappa shape index (κ1) is 16.3. The van der Waals surface area contributed by atoms with Crippen LogP contribution in [0.15, 0.2) is 0 Å². The Hall–Kier alpha value is 0.630. The van der Waals surface area contributed by atoms with E-state index in [9.17, 15) is 0 Å². The zero-order chi connectivity index (χ0) is 6.83. The first-order chi connectivity index (χ1) is 3.83. The Balaban J connectivity index is -0.0000000720. The summed E-state index contributed by atoms with van der Waals surface area (Å²) in [6.07, 6.45) is 0. The average molecular weight is 248 g/mol. The summed E-state index contributed by atoms with van der Waals surface area (Å²) in [5.74, 6) is 0. The fourth-order valence-electron chi connectivity index (χ4n) is 0. The van der Waals surface area contributed by atoms with Crippen molar-refractivity contribution in [3.8, 4) is 0 Å². The van der Waals surface area contributed by atoms with Gasteiger partial charge in [0.15, 0.2) is 0 Å². The largest absolute Gasteiger partial charge is 4.00 e. The van der Waals surface area contributed by atoms with E-state index in [0.29, 0.717) is 0 Å². The van der Waals surface area contributed by atoms with Gasteiger partial charge in [0.05, 0.1) is 0 Å². The van der Waals surface area contributed by atoms with Crippen LogP contribution < -0.4 is 20.4 Å². The molecule has 0 aliphatic rings. The van der Waals surface area contributed by atoms with Crippen LogP contribution in [-0.4, -0.2) is 50.1 Å².